The first-order valence-corrected chi connectivity index (χ1v) is 8.63. The van der Waals surface area contributed by atoms with E-state index in [0.29, 0.717) is 17.1 Å². The molecule has 0 bridgehead atoms. The fourth-order valence-electron chi connectivity index (χ4n) is 2.77. The van der Waals surface area contributed by atoms with Crippen molar-refractivity contribution in [2.45, 2.75) is 44.0 Å². The zero-order valence-electron chi connectivity index (χ0n) is 12.5. The quantitative estimate of drug-likeness (QED) is 0.876. The number of hydrogen-bond acceptors (Lipinski definition) is 4. The molecule has 0 saturated carbocycles. The van der Waals surface area contributed by atoms with E-state index in [0.717, 1.165) is 32.4 Å². The van der Waals surface area contributed by atoms with Gasteiger partial charge < -0.3 is 5.32 Å². The monoisotopic (exact) mass is 300 g/mol. The predicted molar refractivity (Wildman–Crippen MR) is 78.0 cm³/mol. The lowest BCUT2D eigenvalue weighted by molar-refractivity contribution is 0.262. The highest BCUT2D eigenvalue weighted by Gasteiger charge is 2.33. The molecule has 2 heterocycles. The van der Waals surface area contributed by atoms with Gasteiger partial charge in [-0.15, -0.1) is 0 Å². The van der Waals surface area contributed by atoms with Crippen molar-refractivity contribution in [3.8, 4) is 0 Å². The van der Waals surface area contributed by atoms with Crippen LogP contribution in [-0.2, 0) is 17.1 Å². The predicted octanol–water partition coefficient (Wildman–Crippen LogP) is 0.881. The van der Waals surface area contributed by atoms with Gasteiger partial charge in [0.1, 0.15) is 4.90 Å². The second-order valence-corrected chi connectivity index (χ2v) is 7.21. The number of nitrogens with zero attached hydrogens (tertiary/aromatic N) is 3. The Morgan fingerprint density at radius 3 is 2.60 bits per heavy atom. The molecular weight excluding hydrogens is 276 g/mol. The van der Waals surface area contributed by atoms with Gasteiger partial charge in [0, 0.05) is 25.8 Å². The second kappa shape index (κ2) is 6.24. The van der Waals surface area contributed by atoms with E-state index in [9.17, 15) is 8.42 Å². The second-order valence-electron chi connectivity index (χ2n) is 5.35. The highest BCUT2D eigenvalue weighted by Crippen LogP contribution is 2.24. The first-order valence-electron chi connectivity index (χ1n) is 7.19. The topological polar surface area (TPSA) is 67.2 Å². The summed E-state index contributed by atoms with van der Waals surface area (Å²) in [5.74, 6) is 0. The van der Waals surface area contributed by atoms with Crippen LogP contribution in [0.15, 0.2) is 11.1 Å². The Hall–Kier alpha value is -0.920. The molecule has 1 aromatic heterocycles. The Morgan fingerprint density at radius 2 is 2.10 bits per heavy atom. The molecule has 0 amide bonds. The van der Waals surface area contributed by atoms with Crippen LogP contribution in [0.25, 0.3) is 0 Å². The first-order chi connectivity index (χ1) is 9.46. The van der Waals surface area contributed by atoms with Gasteiger partial charge in [0.2, 0.25) is 10.0 Å². The summed E-state index contributed by atoms with van der Waals surface area (Å²) in [5, 5.41) is 7.44. The fourth-order valence-corrected chi connectivity index (χ4v) is 4.75. The van der Waals surface area contributed by atoms with Crippen LogP contribution in [0, 0.1) is 6.92 Å². The zero-order valence-corrected chi connectivity index (χ0v) is 13.3. The summed E-state index contributed by atoms with van der Waals surface area (Å²) in [6.45, 7) is 6.10. The minimum absolute atomic E-state index is 0.0980. The van der Waals surface area contributed by atoms with E-state index in [4.69, 9.17) is 0 Å². The highest BCUT2D eigenvalue weighted by molar-refractivity contribution is 7.89. The van der Waals surface area contributed by atoms with Crippen LogP contribution in [0.3, 0.4) is 0 Å². The van der Waals surface area contributed by atoms with E-state index in [1.807, 2.05) is 6.92 Å². The molecule has 1 aromatic rings. The van der Waals surface area contributed by atoms with Gasteiger partial charge in [-0.2, -0.15) is 9.40 Å². The van der Waals surface area contributed by atoms with Crippen molar-refractivity contribution >= 4 is 10.0 Å². The number of rotatable bonds is 5. The van der Waals surface area contributed by atoms with Crippen LogP contribution < -0.4 is 5.32 Å². The Balaban J connectivity index is 2.33. The van der Waals surface area contributed by atoms with E-state index in [2.05, 4.69) is 10.4 Å². The maximum Gasteiger partial charge on any atom is 0.246 e. The van der Waals surface area contributed by atoms with Crippen molar-refractivity contribution in [2.75, 3.05) is 19.6 Å². The van der Waals surface area contributed by atoms with Crippen LogP contribution >= 0.6 is 0 Å². The number of aryl methyl sites for hydroxylation is 2. The molecule has 20 heavy (non-hydrogen) atoms. The molecule has 0 unspecified atom stereocenters. The van der Waals surface area contributed by atoms with Crippen molar-refractivity contribution < 1.29 is 8.42 Å². The first kappa shape index (κ1) is 15.5. The molecule has 0 aromatic carbocycles. The lowest BCUT2D eigenvalue weighted by Crippen LogP contribution is -2.46. The van der Waals surface area contributed by atoms with Crippen LogP contribution in [0.1, 0.15) is 31.9 Å². The number of hydrogen-bond donors (Lipinski definition) is 1. The molecule has 0 aliphatic carbocycles. The molecule has 114 valence electrons. The van der Waals surface area contributed by atoms with Crippen molar-refractivity contribution in [2.24, 2.45) is 7.05 Å². The molecule has 1 aliphatic heterocycles. The summed E-state index contributed by atoms with van der Waals surface area (Å²) >= 11 is 0. The number of sulfonamides is 1. The van der Waals surface area contributed by atoms with Gasteiger partial charge in [0.05, 0.1) is 5.69 Å². The van der Waals surface area contributed by atoms with Crippen molar-refractivity contribution in [3.63, 3.8) is 0 Å². The zero-order chi connectivity index (χ0) is 14.8. The van der Waals surface area contributed by atoms with Gasteiger partial charge in [0.15, 0.2) is 0 Å². The third-order valence-corrected chi connectivity index (χ3v) is 5.77. The third kappa shape index (κ3) is 3.05. The van der Waals surface area contributed by atoms with Gasteiger partial charge in [-0.3, -0.25) is 4.68 Å². The number of aromatic nitrogens is 2. The van der Waals surface area contributed by atoms with Crippen LogP contribution in [0.2, 0.25) is 0 Å². The summed E-state index contributed by atoms with van der Waals surface area (Å²) in [4.78, 5) is 0.340. The third-order valence-electron chi connectivity index (χ3n) is 3.71. The molecule has 7 heteroatoms. The average molecular weight is 300 g/mol. The smallest absolute Gasteiger partial charge is 0.246 e. The van der Waals surface area contributed by atoms with E-state index in [1.165, 1.54) is 0 Å². The summed E-state index contributed by atoms with van der Waals surface area (Å²) in [6, 6.07) is 0.0980. The Bertz CT molecular complexity index is 547. The SMILES string of the molecule is CCCN(C1CCNCC1)S(=O)(=O)c1cn(C)nc1C. The van der Waals surface area contributed by atoms with Crippen molar-refractivity contribution in [3.05, 3.63) is 11.9 Å². The van der Waals surface area contributed by atoms with Crippen molar-refractivity contribution in [1.29, 1.82) is 0 Å². The van der Waals surface area contributed by atoms with E-state index < -0.39 is 10.0 Å². The molecule has 1 aliphatic rings. The Labute approximate surface area is 121 Å². The molecule has 2 rings (SSSR count). The Morgan fingerprint density at radius 1 is 1.45 bits per heavy atom. The molecule has 1 N–H and O–H groups in total. The minimum atomic E-state index is -3.45. The minimum Gasteiger partial charge on any atom is -0.317 e. The van der Waals surface area contributed by atoms with E-state index >= 15 is 0 Å². The van der Waals surface area contributed by atoms with Crippen LogP contribution in [-0.4, -0.2) is 48.2 Å². The standard InChI is InChI=1S/C13H24N4O2S/c1-4-9-17(12-5-7-14-8-6-12)20(18,19)13-10-16(3)15-11(13)2/h10,12,14H,4-9H2,1-3H3. The number of nitrogens with one attached hydrogen (secondary N) is 1. The van der Waals surface area contributed by atoms with E-state index in [1.54, 1.807) is 29.2 Å². The fraction of sp³-hybridized carbons (Fsp3) is 0.769. The highest BCUT2D eigenvalue weighted by atomic mass is 32.2. The average Bonchev–Trinajstić information content (AvgIpc) is 2.76. The molecule has 0 atom stereocenters. The summed E-state index contributed by atoms with van der Waals surface area (Å²) < 4.78 is 29.1. The lowest BCUT2D eigenvalue weighted by atomic mass is 10.1. The molecule has 1 fully saturated rings. The summed E-state index contributed by atoms with van der Waals surface area (Å²) in [6.07, 6.45) is 4.17. The van der Waals surface area contributed by atoms with Gasteiger partial charge in [-0.25, -0.2) is 8.42 Å². The molecule has 1 saturated heterocycles. The maximum absolute atomic E-state index is 12.9. The van der Waals surface area contributed by atoms with Crippen molar-refractivity contribution in [1.82, 2.24) is 19.4 Å². The molecular formula is C13H24N4O2S. The van der Waals surface area contributed by atoms with Gasteiger partial charge >= 0.3 is 0 Å². The molecule has 0 radical (unpaired) electrons. The molecule has 0 spiro atoms. The van der Waals surface area contributed by atoms with Crippen LogP contribution in [0.4, 0.5) is 0 Å². The van der Waals surface area contributed by atoms with Gasteiger partial charge in [-0.1, -0.05) is 6.92 Å². The Kier molecular flexibility index (Phi) is 4.82. The van der Waals surface area contributed by atoms with Gasteiger partial charge in [-0.05, 0) is 39.3 Å². The van der Waals surface area contributed by atoms with Gasteiger partial charge in [0.25, 0.3) is 0 Å². The largest absolute Gasteiger partial charge is 0.317 e. The maximum atomic E-state index is 12.9. The van der Waals surface area contributed by atoms with E-state index in [-0.39, 0.29) is 6.04 Å². The molecule has 6 nitrogen and oxygen atoms in total. The van der Waals surface area contributed by atoms with Crippen LogP contribution in [0.5, 0.6) is 0 Å². The summed E-state index contributed by atoms with van der Waals surface area (Å²) in [5.41, 5.74) is 0.572. The normalized spacial score (nSPS) is 17.8. The lowest BCUT2D eigenvalue weighted by Gasteiger charge is -2.33. The summed E-state index contributed by atoms with van der Waals surface area (Å²) in [7, 11) is -1.70. The number of piperidine rings is 1.